The first kappa shape index (κ1) is 40.0. The van der Waals surface area contributed by atoms with Gasteiger partial charge in [0.1, 0.15) is 21.2 Å². The molecule has 0 aliphatic heterocycles. The van der Waals surface area contributed by atoms with Crippen molar-refractivity contribution in [1.29, 1.82) is 0 Å². The number of hydrogen-bond acceptors (Lipinski definition) is 17. The van der Waals surface area contributed by atoms with Crippen LogP contribution < -0.4 is 16.1 Å². The van der Waals surface area contributed by atoms with E-state index >= 15 is 0 Å². The number of rotatable bonds is 10. The molecule has 1 aromatic heterocycles. The van der Waals surface area contributed by atoms with E-state index in [0.29, 0.717) is 17.7 Å². The number of hydrogen-bond donors (Lipinski definition) is 8. The van der Waals surface area contributed by atoms with Gasteiger partial charge in [-0.1, -0.05) is 24.3 Å². The second-order valence-corrected chi connectivity index (χ2v) is 17.5. The van der Waals surface area contributed by atoms with E-state index in [1.54, 1.807) is 0 Å². The van der Waals surface area contributed by atoms with Crippen molar-refractivity contribution in [2.45, 2.75) is 21.6 Å². The van der Waals surface area contributed by atoms with Gasteiger partial charge in [0.05, 0.1) is 15.5 Å². The van der Waals surface area contributed by atoms with Crippen molar-refractivity contribution in [3.8, 4) is 5.75 Å². The predicted octanol–water partition coefficient (Wildman–Crippen LogP) is 3.55. The summed E-state index contributed by atoms with van der Waals surface area (Å²) >= 11 is 6.12. The third-order valence-electron chi connectivity index (χ3n) is 7.82. The van der Waals surface area contributed by atoms with Crippen LogP contribution in [0.15, 0.2) is 86.5 Å². The molecule has 1 heterocycles. The number of phenols is 1. The van der Waals surface area contributed by atoms with Gasteiger partial charge in [-0.3, -0.25) is 28.4 Å². The first-order chi connectivity index (χ1) is 25.9. The molecule has 0 fully saturated rings. The van der Waals surface area contributed by atoms with E-state index in [1.807, 2.05) is 0 Å². The summed E-state index contributed by atoms with van der Waals surface area (Å²) in [5.74, 6) is -2.86. The molecule has 4 aromatic carbocycles. The summed E-state index contributed by atoms with van der Waals surface area (Å²) in [6.45, 7) is 1.49. The van der Waals surface area contributed by atoms with Crippen molar-refractivity contribution >= 4 is 108 Å². The van der Waals surface area contributed by atoms with Gasteiger partial charge in [-0.05, 0) is 65.9 Å². The summed E-state index contributed by atoms with van der Waals surface area (Å²) in [6, 6.07) is 11.0. The number of anilines is 5. The molecule has 6 rings (SSSR count). The zero-order chi connectivity index (χ0) is 41.1. The fourth-order valence-electron chi connectivity index (χ4n) is 5.41. The minimum absolute atomic E-state index is 0.144. The molecule has 1 aliphatic rings. The predicted molar refractivity (Wildman–Crippen MR) is 199 cm³/mol. The lowest BCUT2D eigenvalue weighted by Gasteiger charge is -2.19. The first-order valence-electron chi connectivity index (χ1n) is 14.9. The van der Waals surface area contributed by atoms with Crippen LogP contribution in [-0.4, -0.2) is 83.4 Å². The highest BCUT2D eigenvalue weighted by molar-refractivity contribution is 7.95. The van der Waals surface area contributed by atoms with Gasteiger partial charge >= 0.3 is 0 Å². The van der Waals surface area contributed by atoms with E-state index in [-0.39, 0.29) is 22.8 Å². The molecule has 0 bridgehead atoms. The second-order valence-electron chi connectivity index (χ2n) is 11.5. The molecule has 0 spiro atoms. The van der Waals surface area contributed by atoms with Crippen LogP contribution in [-0.2, 0) is 45.3 Å². The number of nitrogens with zero attached hydrogens (tertiary/aromatic N) is 4. The number of ketones is 1. The van der Waals surface area contributed by atoms with Gasteiger partial charge < -0.3 is 15.7 Å². The summed E-state index contributed by atoms with van der Waals surface area (Å²) in [7, 11) is -19.8. The van der Waals surface area contributed by atoms with Crippen LogP contribution in [0, 0.1) is 6.92 Å². The minimum Gasteiger partial charge on any atom is -0.505 e. The Morgan fingerprint density at radius 1 is 0.696 bits per heavy atom. The molecule has 5 aromatic rings. The van der Waals surface area contributed by atoms with E-state index in [1.165, 1.54) is 37.3 Å². The molecule has 0 saturated carbocycles. The Bertz CT molecular complexity index is 3070. The van der Waals surface area contributed by atoms with Crippen molar-refractivity contribution in [2.75, 3.05) is 16.1 Å². The minimum atomic E-state index is -5.32. The molecule has 21 nitrogen and oxygen atoms in total. The summed E-state index contributed by atoms with van der Waals surface area (Å²) in [6.07, 6.45) is 0.555. The molecule has 0 amide bonds. The fourth-order valence-corrected chi connectivity index (χ4v) is 8.07. The van der Waals surface area contributed by atoms with E-state index in [9.17, 15) is 61.8 Å². The highest BCUT2D eigenvalue weighted by atomic mass is 35.5. The molecular weight excluding hydrogens is 846 g/mol. The van der Waals surface area contributed by atoms with Gasteiger partial charge in [-0.15, -0.1) is 0 Å². The molecule has 292 valence electrons. The molecular formula is C30H22ClN7O14S4. The van der Waals surface area contributed by atoms with Crippen molar-refractivity contribution in [1.82, 2.24) is 15.0 Å². The average molecular weight is 868 g/mol. The number of halogens is 1. The molecule has 1 aliphatic carbocycles. The van der Waals surface area contributed by atoms with Crippen molar-refractivity contribution < 1.29 is 61.8 Å². The Morgan fingerprint density at radius 3 is 1.88 bits per heavy atom. The van der Waals surface area contributed by atoms with Crippen LogP contribution in [0.2, 0.25) is 5.28 Å². The van der Waals surface area contributed by atoms with Crippen molar-refractivity contribution in [2.24, 2.45) is 5.10 Å². The molecule has 8 N–H and O–H groups in total. The molecule has 0 radical (unpaired) electrons. The number of benzene rings is 4. The van der Waals surface area contributed by atoms with Gasteiger partial charge in [0.25, 0.3) is 40.5 Å². The Balaban J connectivity index is 1.50. The van der Waals surface area contributed by atoms with Crippen LogP contribution in [0.25, 0.3) is 15.7 Å². The van der Waals surface area contributed by atoms with Crippen LogP contribution in [0.3, 0.4) is 0 Å². The quantitative estimate of drug-likeness (QED) is 0.0565. The number of carbonyl (C=O) groups excluding carboxylic acids is 1. The van der Waals surface area contributed by atoms with E-state index in [4.69, 9.17) is 11.6 Å². The third kappa shape index (κ3) is 8.15. The van der Waals surface area contributed by atoms with Crippen LogP contribution in [0.5, 0.6) is 5.75 Å². The maximum absolute atomic E-state index is 13.0. The Morgan fingerprint density at radius 2 is 1.30 bits per heavy atom. The van der Waals surface area contributed by atoms with Crippen LogP contribution in [0.4, 0.5) is 29.0 Å². The smallest absolute Gasteiger partial charge is 0.296 e. The number of aryl methyl sites for hydroxylation is 1. The number of allylic oxidation sites excluding steroid dienone is 1. The van der Waals surface area contributed by atoms with Crippen molar-refractivity contribution in [3.63, 3.8) is 0 Å². The van der Waals surface area contributed by atoms with Gasteiger partial charge in [0.2, 0.25) is 23.0 Å². The van der Waals surface area contributed by atoms with Gasteiger partial charge in [0.15, 0.2) is 5.75 Å². The molecule has 0 atom stereocenters. The average Bonchev–Trinajstić information content (AvgIpc) is 3.07. The lowest BCUT2D eigenvalue weighted by molar-refractivity contribution is -0.108. The number of hydrazone groups is 1. The van der Waals surface area contributed by atoms with Crippen molar-refractivity contribution in [3.05, 3.63) is 88.7 Å². The largest absolute Gasteiger partial charge is 0.505 e. The number of phenolic OH excluding ortho intramolecular Hbond substituents is 1. The summed E-state index contributed by atoms with van der Waals surface area (Å²) < 4.78 is 136. The van der Waals surface area contributed by atoms with Gasteiger partial charge in [-0.25, -0.2) is 0 Å². The number of fused-ring (bicyclic) bond motifs is 2. The SMILES string of the molecule is Cc1cc(S(=O)(=O)O)ccc1Nc1nc(Cl)nc(Nc2cc(S(=O)(=O)O)cc3cc(S(=O)(=O)O)c(NN=C4C(=O)C=C(S(=O)(=O)O)c5ccccc54)c(O)c23)n1. The Kier molecular flexibility index (Phi) is 10.1. The van der Waals surface area contributed by atoms with E-state index in [0.717, 1.165) is 24.3 Å². The molecule has 0 saturated heterocycles. The topological polar surface area (TPSA) is 342 Å². The second kappa shape index (κ2) is 14.1. The number of aromatic hydroxyl groups is 1. The third-order valence-corrected chi connectivity index (χ3v) is 11.4. The maximum atomic E-state index is 13.0. The van der Waals surface area contributed by atoms with E-state index in [2.05, 4.69) is 36.1 Å². The van der Waals surface area contributed by atoms with E-state index < -0.39 is 111 Å². The Labute approximate surface area is 320 Å². The lowest BCUT2D eigenvalue weighted by Crippen LogP contribution is -2.23. The monoisotopic (exact) mass is 867 g/mol. The number of aromatic nitrogens is 3. The van der Waals surface area contributed by atoms with Gasteiger partial charge in [-0.2, -0.15) is 53.7 Å². The highest BCUT2D eigenvalue weighted by Crippen LogP contribution is 2.44. The maximum Gasteiger partial charge on any atom is 0.296 e. The molecule has 0 unspecified atom stereocenters. The standard InChI is InChI=1S/C30H22ClN7O14S4/c1-13-8-15(53(41,42)43)6-7-19(13)32-29-34-28(31)35-30(36-29)33-20-11-16(54(44,45)46)9-14-10-23(56(50,51)52)26(27(40)24(14)20)38-37-25-18-5-3-2-4-17(18)22(12-21(25)39)55(47,48)49/h2-12,38,40H,1H3,(H,41,42,43)(H,44,45,46)(H,47,48,49)(H,50,51,52)(H2,32,33,34,35,36). The Hall–Kier alpha value is -5.64. The van der Waals surface area contributed by atoms with Crippen LogP contribution in [0.1, 0.15) is 16.7 Å². The zero-order valence-electron chi connectivity index (χ0n) is 27.6. The lowest BCUT2D eigenvalue weighted by atomic mass is 9.94. The molecule has 26 heteroatoms. The number of carbonyl (C=O) groups is 1. The zero-order valence-corrected chi connectivity index (χ0v) is 31.6. The fraction of sp³-hybridized carbons (Fsp3) is 0.0333. The summed E-state index contributed by atoms with van der Waals surface area (Å²) in [5.41, 5.74) is 0.571. The first-order valence-corrected chi connectivity index (χ1v) is 21.0. The van der Waals surface area contributed by atoms with Gasteiger partial charge in [0, 0.05) is 28.3 Å². The highest BCUT2D eigenvalue weighted by Gasteiger charge is 2.31. The summed E-state index contributed by atoms with van der Waals surface area (Å²) in [4.78, 5) is 21.9. The molecule has 56 heavy (non-hydrogen) atoms. The van der Waals surface area contributed by atoms with Crippen LogP contribution >= 0.6 is 11.6 Å². The normalized spacial score (nSPS) is 14.4. The summed E-state index contributed by atoms with van der Waals surface area (Å²) in [5, 5.41) is 19.5. The number of nitrogens with one attached hydrogen (secondary N) is 3.